The molecule has 22 heavy (non-hydrogen) atoms. The number of carboxylic acids is 1. The molecule has 2 amide bonds. The summed E-state index contributed by atoms with van der Waals surface area (Å²) in [6.07, 6.45) is 1.31. The zero-order chi connectivity index (χ0) is 16.3. The van der Waals surface area contributed by atoms with Crippen molar-refractivity contribution in [2.24, 2.45) is 5.92 Å². The average molecular weight is 326 g/mol. The van der Waals surface area contributed by atoms with Crippen molar-refractivity contribution in [3.05, 3.63) is 23.2 Å². The standard InChI is InChI=1S/C15H20ClN3O3/c1-18(2)13-11(16)6-3-7-12(13)17-15(22)19-8-4-5-10(9-19)14(20)21/h3,6-7,10H,4-5,8-9H2,1-2H3,(H,17,22)(H,20,21). The van der Waals surface area contributed by atoms with Crippen LogP contribution < -0.4 is 10.2 Å². The number of benzene rings is 1. The zero-order valence-corrected chi connectivity index (χ0v) is 13.4. The average Bonchev–Trinajstić information content (AvgIpc) is 2.47. The third-order valence-electron chi connectivity index (χ3n) is 3.73. The van der Waals surface area contributed by atoms with Gasteiger partial charge in [-0.15, -0.1) is 0 Å². The van der Waals surface area contributed by atoms with Gasteiger partial charge in [0.25, 0.3) is 0 Å². The van der Waals surface area contributed by atoms with E-state index in [2.05, 4.69) is 5.32 Å². The van der Waals surface area contributed by atoms with Crippen molar-refractivity contribution >= 4 is 35.0 Å². The van der Waals surface area contributed by atoms with Crippen molar-refractivity contribution in [2.45, 2.75) is 12.8 Å². The first kappa shape index (κ1) is 16.4. The number of aliphatic carboxylic acids is 1. The Hall–Kier alpha value is -1.95. The van der Waals surface area contributed by atoms with E-state index in [1.54, 1.807) is 23.1 Å². The second kappa shape index (κ2) is 6.87. The van der Waals surface area contributed by atoms with Gasteiger partial charge in [0.15, 0.2) is 0 Å². The normalized spacial score (nSPS) is 18.0. The van der Waals surface area contributed by atoms with Crippen molar-refractivity contribution < 1.29 is 14.7 Å². The van der Waals surface area contributed by atoms with E-state index < -0.39 is 11.9 Å². The van der Waals surface area contributed by atoms with Crippen molar-refractivity contribution in [1.29, 1.82) is 0 Å². The summed E-state index contributed by atoms with van der Waals surface area (Å²) in [5.74, 6) is -1.35. The first-order chi connectivity index (χ1) is 10.4. The van der Waals surface area contributed by atoms with Gasteiger partial charge in [0, 0.05) is 27.2 Å². The van der Waals surface area contributed by atoms with E-state index in [0.717, 1.165) is 5.69 Å². The second-order valence-corrected chi connectivity index (χ2v) is 5.99. The van der Waals surface area contributed by atoms with Crippen LogP contribution in [-0.2, 0) is 4.79 Å². The highest BCUT2D eigenvalue weighted by Gasteiger charge is 2.28. The fraction of sp³-hybridized carbons (Fsp3) is 0.467. The summed E-state index contributed by atoms with van der Waals surface area (Å²) in [5, 5.41) is 12.5. The highest BCUT2D eigenvalue weighted by atomic mass is 35.5. The fourth-order valence-corrected chi connectivity index (χ4v) is 2.97. The van der Waals surface area contributed by atoms with E-state index in [1.165, 1.54) is 0 Å². The van der Waals surface area contributed by atoms with Crippen molar-refractivity contribution in [3.8, 4) is 0 Å². The molecule has 0 radical (unpaired) electrons. The van der Waals surface area contributed by atoms with Gasteiger partial charge in [-0.25, -0.2) is 4.79 Å². The van der Waals surface area contributed by atoms with Crippen molar-refractivity contribution in [2.75, 3.05) is 37.4 Å². The van der Waals surface area contributed by atoms with Crippen LogP contribution in [0.25, 0.3) is 0 Å². The van der Waals surface area contributed by atoms with Crippen LogP contribution in [0.3, 0.4) is 0 Å². The predicted octanol–water partition coefficient (Wildman–Crippen LogP) is 2.73. The first-order valence-electron chi connectivity index (χ1n) is 7.14. The Balaban J connectivity index is 2.12. The monoisotopic (exact) mass is 325 g/mol. The third-order valence-corrected chi connectivity index (χ3v) is 4.04. The molecule has 2 N–H and O–H groups in total. The summed E-state index contributed by atoms with van der Waals surface area (Å²) in [4.78, 5) is 26.8. The number of para-hydroxylation sites is 1. The summed E-state index contributed by atoms with van der Waals surface area (Å²) in [7, 11) is 3.69. The maximum atomic E-state index is 12.4. The molecule has 6 nitrogen and oxygen atoms in total. The molecule has 120 valence electrons. The van der Waals surface area contributed by atoms with Crippen molar-refractivity contribution in [1.82, 2.24) is 4.90 Å². The number of urea groups is 1. The molecule has 1 atom stereocenters. The number of amides is 2. The smallest absolute Gasteiger partial charge is 0.321 e. The number of hydrogen-bond acceptors (Lipinski definition) is 3. The number of carboxylic acid groups (broad SMARTS) is 1. The number of halogens is 1. The maximum Gasteiger partial charge on any atom is 0.321 e. The van der Waals surface area contributed by atoms with Crippen molar-refractivity contribution in [3.63, 3.8) is 0 Å². The Kier molecular flexibility index (Phi) is 5.13. The van der Waals surface area contributed by atoms with E-state index >= 15 is 0 Å². The van der Waals surface area contributed by atoms with E-state index in [4.69, 9.17) is 16.7 Å². The molecule has 1 aromatic carbocycles. The van der Waals surface area contributed by atoms with Gasteiger partial charge in [-0.2, -0.15) is 0 Å². The topological polar surface area (TPSA) is 72.9 Å². The lowest BCUT2D eigenvalue weighted by atomic mass is 9.99. The fourth-order valence-electron chi connectivity index (χ4n) is 2.63. The minimum Gasteiger partial charge on any atom is -0.481 e. The lowest BCUT2D eigenvalue weighted by molar-refractivity contribution is -0.143. The molecule has 0 aromatic heterocycles. The molecule has 1 saturated heterocycles. The Morgan fingerprint density at radius 2 is 2.14 bits per heavy atom. The number of nitrogens with one attached hydrogen (secondary N) is 1. The van der Waals surface area contributed by atoms with Gasteiger partial charge < -0.3 is 20.2 Å². The van der Waals surface area contributed by atoms with Gasteiger partial charge in [0.1, 0.15) is 0 Å². The number of anilines is 2. The summed E-state index contributed by atoms with van der Waals surface area (Å²) in [6.45, 7) is 0.798. The number of piperidine rings is 1. The van der Waals surface area contributed by atoms with Crippen LogP contribution in [0.2, 0.25) is 5.02 Å². The van der Waals surface area contributed by atoms with Crippen LogP contribution in [0.15, 0.2) is 18.2 Å². The molecule has 0 aliphatic carbocycles. The third kappa shape index (κ3) is 3.62. The number of hydrogen-bond donors (Lipinski definition) is 2. The van der Waals surface area contributed by atoms with Crippen LogP contribution in [0.1, 0.15) is 12.8 Å². The summed E-state index contributed by atoms with van der Waals surface area (Å²) >= 11 is 6.17. The summed E-state index contributed by atoms with van der Waals surface area (Å²) in [6, 6.07) is 5.00. The van der Waals surface area contributed by atoms with Gasteiger partial charge in [0.05, 0.1) is 22.3 Å². The molecule has 1 aliphatic heterocycles. The Morgan fingerprint density at radius 3 is 2.77 bits per heavy atom. The number of carbonyl (C=O) groups is 2. The van der Waals surface area contributed by atoms with Crippen LogP contribution in [0.5, 0.6) is 0 Å². The van der Waals surface area contributed by atoms with Gasteiger partial charge in [0.2, 0.25) is 0 Å². The molecule has 1 fully saturated rings. The molecule has 1 aromatic rings. The Bertz CT molecular complexity index is 577. The number of nitrogens with zero attached hydrogens (tertiary/aromatic N) is 2. The zero-order valence-electron chi connectivity index (χ0n) is 12.7. The highest BCUT2D eigenvalue weighted by molar-refractivity contribution is 6.34. The van der Waals surface area contributed by atoms with E-state index in [1.807, 2.05) is 19.0 Å². The lowest BCUT2D eigenvalue weighted by Crippen LogP contribution is -2.44. The molecule has 0 bridgehead atoms. The van der Waals surface area contributed by atoms with Crippen LogP contribution in [0, 0.1) is 5.92 Å². The van der Waals surface area contributed by atoms with Gasteiger partial charge in [-0.3, -0.25) is 4.79 Å². The van der Waals surface area contributed by atoms with Gasteiger partial charge >= 0.3 is 12.0 Å². The largest absolute Gasteiger partial charge is 0.481 e. The molecule has 1 heterocycles. The molecule has 7 heteroatoms. The lowest BCUT2D eigenvalue weighted by Gasteiger charge is -2.31. The quantitative estimate of drug-likeness (QED) is 0.896. The minimum atomic E-state index is -0.853. The Labute approximate surface area is 134 Å². The molecule has 0 spiro atoms. The predicted molar refractivity (Wildman–Crippen MR) is 86.7 cm³/mol. The van der Waals surface area contributed by atoms with E-state index in [0.29, 0.717) is 30.1 Å². The van der Waals surface area contributed by atoms with E-state index in [9.17, 15) is 9.59 Å². The molecular formula is C15H20ClN3O3. The molecule has 2 rings (SSSR count). The Morgan fingerprint density at radius 1 is 1.41 bits per heavy atom. The van der Waals surface area contributed by atoms with E-state index in [-0.39, 0.29) is 12.6 Å². The highest BCUT2D eigenvalue weighted by Crippen LogP contribution is 2.32. The number of carbonyl (C=O) groups excluding carboxylic acids is 1. The van der Waals surface area contributed by atoms with Crippen LogP contribution >= 0.6 is 11.6 Å². The molecular weight excluding hydrogens is 306 g/mol. The molecule has 1 aliphatic rings. The number of rotatable bonds is 3. The molecule has 1 unspecified atom stereocenters. The second-order valence-electron chi connectivity index (χ2n) is 5.58. The molecule has 0 saturated carbocycles. The summed E-state index contributed by atoms with van der Waals surface area (Å²) < 4.78 is 0. The van der Waals surface area contributed by atoms with Crippen LogP contribution in [-0.4, -0.2) is 49.2 Å². The van der Waals surface area contributed by atoms with Gasteiger partial charge in [-0.05, 0) is 25.0 Å². The maximum absolute atomic E-state index is 12.4. The summed E-state index contributed by atoms with van der Waals surface area (Å²) in [5.41, 5.74) is 1.34. The van der Waals surface area contributed by atoms with Gasteiger partial charge in [-0.1, -0.05) is 17.7 Å². The minimum absolute atomic E-state index is 0.235. The first-order valence-corrected chi connectivity index (χ1v) is 7.52. The SMILES string of the molecule is CN(C)c1c(Cl)cccc1NC(=O)N1CCCC(C(=O)O)C1. The number of likely N-dealkylation sites (tertiary alicyclic amines) is 1. The van der Waals surface area contributed by atoms with Crippen LogP contribution in [0.4, 0.5) is 16.2 Å².